The topological polar surface area (TPSA) is 88.6 Å². The number of carbonyl (C=O) groups excluding carboxylic acids is 1. The van der Waals surface area contributed by atoms with E-state index in [0.29, 0.717) is 42.7 Å². The largest absolute Gasteiger partial charge is 0.379 e. The molecule has 10 heteroatoms. The zero-order chi connectivity index (χ0) is 21.8. The van der Waals surface area contributed by atoms with E-state index < -0.39 is 15.8 Å². The van der Waals surface area contributed by atoms with E-state index in [2.05, 4.69) is 10.3 Å². The second kappa shape index (κ2) is 9.23. The first-order valence-electron chi connectivity index (χ1n) is 9.60. The normalized spacial score (nSPS) is 15.0. The van der Waals surface area contributed by atoms with Crippen molar-refractivity contribution >= 4 is 32.3 Å². The number of halogens is 1. The molecule has 0 aliphatic carbocycles. The van der Waals surface area contributed by atoms with Crippen molar-refractivity contribution in [2.45, 2.75) is 4.90 Å². The monoisotopic (exact) mass is 461 g/mol. The summed E-state index contributed by atoms with van der Waals surface area (Å²) in [6.07, 6.45) is 0. The Morgan fingerprint density at radius 3 is 2.45 bits per heavy atom. The van der Waals surface area contributed by atoms with Gasteiger partial charge in [-0.05, 0) is 36.4 Å². The molecular weight excluding hydrogens is 441 g/mol. The number of aromatic nitrogens is 1. The van der Waals surface area contributed by atoms with Gasteiger partial charge in [0.25, 0.3) is 0 Å². The number of ketones is 1. The number of rotatable bonds is 7. The minimum Gasteiger partial charge on any atom is -0.379 e. The molecule has 0 amide bonds. The van der Waals surface area contributed by atoms with Crippen LogP contribution in [0.15, 0.2) is 58.8 Å². The number of Topliss-reactive ketones (excluding diaryl/α,β-unsaturated/α-hetero) is 1. The maximum absolute atomic E-state index is 13.0. The number of anilines is 1. The fourth-order valence-electron chi connectivity index (χ4n) is 3.11. The lowest BCUT2D eigenvalue weighted by Gasteiger charge is -2.26. The van der Waals surface area contributed by atoms with Crippen molar-refractivity contribution in [3.05, 3.63) is 65.3 Å². The molecule has 7 nitrogen and oxygen atoms in total. The highest BCUT2D eigenvalue weighted by Crippen LogP contribution is 2.27. The summed E-state index contributed by atoms with van der Waals surface area (Å²) in [4.78, 5) is 16.9. The Labute approximate surface area is 183 Å². The van der Waals surface area contributed by atoms with E-state index in [0.717, 1.165) is 5.56 Å². The number of carbonyl (C=O) groups is 1. The predicted molar refractivity (Wildman–Crippen MR) is 116 cm³/mol. The molecule has 162 valence electrons. The maximum Gasteiger partial charge on any atom is 0.243 e. The van der Waals surface area contributed by atoms with Crippen LogP contribution in [0.1, 0.15) is 10.4 Å². The van der Waals surface area contributed by atoms with Crippen LogP contribution in [-0.2, 0) is 14.8 Å². The summed E-state index contributed by atoms with van der Waals surface area (Å²) >= 11 is 1.34. The van der Waals surface area contributed by atoms with Gasteiger partial charge in [0.15, 0.2) is 10.9 Å². The number of morpholine rings is 1. The van der Waals surface area contributed by atoms with Crippen molar-refractivity contribution in [3.8, 4) is 11.3 Å². The molecule has 0 unspecified atom stereocenters. The van der Waals surface area contributed by atoms with Gasteiger partial charge in [-0.15, -0.1) is 11.3 Å². The van der Waals surface area contributed by atoms with E-state index in [-0.39, 0.29) is 17.2 Å². The minimum absolute atomic E-state index is 0.0370. The molecule has 3 aromatic rings. The van der Waals surface area contributed by atoms with Crippen LogP contribution in [0.3, 0.4) is 0 Å². The summed E-state index contributed by atoms with van der Waals surface area (Å²) in [5.74, 6) is -0.563. The zero-order valence-corrected chi connectivity index (χ0v) is 18.1. The Bertz CT molecular complexity index is 1160. The SMILES string of the molecule is O=C(CNc1nc(-c2ccc(S(=O)(=O)N3CCOCC3)cc2)cs1)c1ccc(F)cc1. The van der Waals surface area contributed by atoms with E-state index in [4.69, 9.17) is 4.74 Å². The van der Waals surface area contributed by atoms with Crippen LogP contribution in [0.2, 0.25) is 0 Å². The smallest absolute Gasteiger partial charge is 0.243 e. The third kappa shape index (κ3) is 4.99. The second-order valence-corrected chi connectivity index (χ2v) is 9.66. The van der Waals surface area contributed by atoms with Gasteiger partial charge in [-0.1, -0.05) is 12.1 Å². The number of nitrogens with zero attached hydrogens (tertiary/aromatic N) is 2. The van der Waals surface area contributed by atoms with Crippen molar-refractivity contribution in [3.63, 3.8) is 0 Å². The standard InChI is InChI=1S/C21H20FN3O4S2/c22-17-5-1-16(2-6-17)20(26)13-23-21-24-19(14-30-21)15-3-7-18(8-4-15)31(27,28)25-9-11-29-12-10-25/h1-8,14H,9-13H2,(H,23,24). The van der Waals surface area contributed by atoms with Crippen LogP contribution in [0.5, 0.6) is 0 Å². The maximum atomic E-state index is 13.0. The van der Waals surface area contributed by atoms with Crippen LogP contribution in [0.25, 0.3) is 11.3 Å². The Hall–Kier alpha value is -2.66. The zero-order valence-electron chi connectivity index (χ0n) is 16.5. The van der Waals surface area contributed by atoms with Crippen LogP contribution in [0.4, 0.5) is 9.52 Å². The van der Waals surface area contributed by atoms with Gasteiger partial charge in [-0.2, -0.15) is 4.31 Å². The molecule has 1 aromatic heterocycles. The minimum atomic E-state index is -3.54. The molecule has 1 aliphatic rings. The molecule has 1 N–H and O–H groups in total. The molecule has 1 aliphatic heterocycles. The lowest BCUT2D eigenvalue weighted by Crippen LogP contribution is -2.40. The number of benzene rings is 2. The van der Waals surface area contributed by atoms with Crippen LogP contribution < -0.4 is 5.32 Å². The number of ether oxygens (including phenoxy) is 1. The summed E-state index contributed by atoms with van der Waals surface area (Å²) in [6, 6.07) is 12.0. The van der Waals surface area contributed by atoms with Gasteiger partial charge in [0, 0.05) is 29.6 Å². The van der Waals surface area contributed by atoms with Crippen molar-refractivity contribution in [1.29, 1.82) is 0 Å². The van der Waals surface area contributed by atoms with E-state index in [1.807, 2.05) is 5.38 Å². The summed E-state index contributed by atoms with van der Waals surface area (Å²) in [7, 11) is -3.54. The van der Waals surface area contributed by atoms with Crippen LogP contribution >= 0.6 is 11.3 Å². The van der Waals surface area contributed by atoms with Crippen molar-refractivity contribution in [2.24, 2.45) is 0 Å². The average Bonchev–Trinajstić information content (AvgIpc) is 3.28. The van der Waals surface area contributed by atoms with E-state index in [1.54, 1.807) is 24.3 Å². The van der Waals surface area contributed by atoms with E-state index >= 15 is 0 Å². The van der Waals surface area contributed by atoms with Crippen molar-refractivity contribution < 1.29 is 22.3 Å². The first-order chi connectivity index (χ1) is 14.9. The van der Waals surface area contributed by atoms with E-state index in [1.165, 1.54) is 39.9 Å². The molecule has 31 heavy (non-hydrogen) atoms. The molecule has 4 rings (SSSR count). The molecule has 2 heterocycles. The van der Waals surface area contributed by atoms with Gasteiger partial charge in [0.2, 0.25) is 10.0 Å². The highest BCUT2D eigenvalue weighted by Gasteiger charge is 2.26. The van der Waals surface area contributed by atoms with Gasteiger partial charge in [-0.25, -0.2) is 17.8 Å². The lowest BCUT2D eigenvalue weighted by molar-refractivity contribution is 0.0730. The lowest BCUT2D eigenvalue weighted by atomic mass is 10.1. The fraction of sp³-hybridized carbons (Fsp3) is 0.238. The predicted octanol–water partition coefficient (Wildman–Crippen LogP) is 3.26. The highest BCUT2D eigenvalue weighted by atomic mass is 32.2. The van der Waals surface area contributed by atoms with Gasteiger partial charge in [0.1, 0.15) is 5.82 Å². The highest BCUT2D eigenvalue weighted by molar-refractivity contribution is 7.89. The fourth-order valence-corrected chi connectivity index (χ4v) is 5.24. The molecule has 0 radical (unpaired) electrons. The van der Waals surface area contributed by atoms with Crippen LogP contribution in [-0.4, -0.2) is 56.3 Å². The van der Waals surface area contributed by atoms with Crippen molar-refractivity contribution in [2.75, 3.05) is 38.2 Å². The molecule has 0 bridgehead atoms. The van der Waals surface area contributed by atoms with Crippen molar-refractivity contribution in [1.82, 2.24) is 9.29 Å². The second-order valence-electron chi connectivity index (χ2n) is 6.86. The summed E-state index contributed by atoms with van der Waals surface area (Å²) in [5.41, 5.74) is 1.87. The number of nitrogens with one attached hydrogen (secondary N) is 1. The summed E-state index contributed by atoms with van der Waals surface area (Å²) in [6.45, 7) is 1.53. The molecule has 1 fully saturated rings. The molecule has 1 saturated heterocycles. The van der Waals surface area contributed by atoms with Crippen LogP contribution in [0, 0.1) is 5.82 Å². The quantitative estimate of drug-likeness (QED) is 0.544. The molecule has 2 aromatic carbocycles. The number of sulfonamides is 1. The number of hydrogen-bond donors (Lipinski definition) is 1. The molecule has 0 saturated carbocycles. The van der Waals surface area contributed by atoms with Gasteiger partial charge < -0.3 is 10.1 Å². The van der Waals surface area contributed by atoms with E-state index in [9.17, 15) is 17.6 Å². The molecule has 0 spiro atoms. The Kier molecular flexibility index (Phi) is 6.42. The number of thiazole rings is 1. The Balaban J connectivity index is 1.40. The Morgan fingerprint density at radius 1 is 1.10 bits per heavy atom. The summed E-state index contributed by atoms with van der Waals surface area (Å²) in [5, 5.41) is 5.37. The Morgan fingerprint density at radius 2 is 1.77 bits per heavy atom. The third-order valence-electron chi connectivity index (χ3n) is 4.83. The average molecular weight is 462 g/mol. The number of hydrogen-bond acceptors (Lipinski definition) is 7. The van der Waals surface area contributed by atoms with Gasteiger partial charge in [-0.3, -0.25) is 4.79 Å². The van der Waals surface area contributed by atoms with Gasteiger partial charge >= 0.3 is 0 Å². The molecular formula is C21H20FN3O4S2. The molecule has 0 atom stereocenters. The first kappa shape index (κ1) is 21.6. The van der Waals surface area contributed by atoms with Gasteiger partial charge in [0.05, 0.1) is 30.3 Å². The summed E-state index contributed by atoms with van der Waals surface area (Å²) < 4.78 is 45.1. The third-order valence-corrected chi connectivity index (χ3v) is 7.54. The first-order valence-corrected chi connectivity index (χ1v) is 11.9.